The molecule has 25 heavy (non-hydrogen) atoms. The Morgan fingerprint density at radius 2 is 1.96 bits per heavy atom. The number of aromatic nitrogens is 2. The van der Waals surface area contributed by atoms with E-state index in [1.165, 1.54) is 24.2 Å². The molecule has 0 aliphatic heterocycles. The minimum atomic E-state index is -0.0341. The standard InChI is InChI=1S/C19H25N3O3/c1-22-15-7-5-4-6-14(15)21-18(22)12-20-19(23)11-13-8-9-16(24-2)17(10-13)25-3/h8-10H,4-7,11-12H2,1-3H3,(H,20,23). The first-order valence-electron chi connectivity index (χ1n) is 8.63. The van der Waals surface area contributed by atoms with Crippen LogP contribution in [0.5, 0.6) is 11.5 Å². The van der Waals surface area contributed by atoms with E-state index in [0.717, 1.165) is 24.2 Å². The van der Waals surface area contributed by atoms with Gasteiger partial charge in [0.25, 0.3) is 0 Å². The molecule has 1 aromatic heterocycles. The van der Waals surface area contributed by atoms with Crippen LogP contribution < -0.4 is 14.8 Å². The molecule has 1 heterocycles. The molecule has 2 aromatic rings. The van der Waals surface area contributed by atoms with Crippen molar-refractivity contribution in [2.75, 3.05) is 14.2 Å². The molecular formula is C19H25N3O3. The largest absolute Gasteiger partial charge is 0.493 e. The molecule has 1 N–H and O–H groups in total. The van der Waals surface area contributed by atoms with Crippen molar-refractivity contribution in [1.29, 1.82) is 0 Å². The maximum Gasteiger partial charge on any atom is 0.224 e. The van der Waals surface area contributed by atoms with Gasteiger partial charge in [0.2, 0.25) is 5.91 Å². The molecule has 0 unspecified atom stereocenters. The Morgan fingerprint density at radius 3 is 2.68 bits per heavy atom. The molecule has 6 nitrogen and oxygen atoms in total. The molecule has 3 rings (SSSR count). The minimum Gasteiger partial charge on any atom is -0.493 e. The fourth-order valence-corrected chi connectivity index (χ4v) is 3.32. The lowest BCUT2D eigenvalue weighted by Crippen LogP contribution is -2.26. The Labute approximate surface area is 148 Å². The highest BCUT2D eigenvalue weighted by Crippen LogP contribution is 2.27. The van der Waals surface area contributed by atoms with E-state index < -0.39 is 0 Å². The molecule has 1 amide bonds. The Kier molecular flexibility index (Phi) is 5.26. The Bertz CT molecular complexity index is 768. The van der Waals surface area contributed by atoms with Gasteiger partial charge in [-0.3, -0.25) is 4.79 Å². The molecule has 1 aliphatic carbocycles. The lowest BCUT2D eigenvalue weighted by atomic mass is 10.0. The van der Waals surface area contributed by atoms with E-state index in [4.69, 9.17) is 14.5 Å². The summed E-state index contributed by atoms with van der Waals surface area (Å²) in [5.74, 6) is 2.18. The third-order valence-corrected chi connectivity index (χ3v) is 4.72. The van der Waals surface area contributed by atoms with E-state index in [9.17, 15) is 4.79 Å². The SMILES string of the molecule is COc1ccc(CC(=O)NCc2nc3c(n2C)CCCC3)cc1OC. The van der Waals surface area contributed by atoms with Crippen LogP contribution in [0.15, 0.2) is 18.2 Å². The number of nitrogens with zero attached hydrogens (tertiary/aromatic N) is 2. The lowest BCUT2D eigenvalue weighted by Gasteiger charge is -2.12. The summed E-state index contributed by atoms with van der Waals surface area (Å²) in [5, 5.41) is 2.97. The van der Waals surface area contributed by atoms with Gasteiger partial charge < -0.3 is 19.4 Å². The van der Waals surface area contributed by atoms with Gasteiger partial charge in [-0.25, -0.2) is 4.98 Å². The van der Waals surface area contributed by atoms with Gasteiger partial charge in [-0.15, -0.1) is 0 Å². The summed E-state index contributed by atoms with van der Waals surface area (Å²) in [4.78, 5) is 17.0. The molecule has 0 saturated carbocycles. The first-order valence-corrected chi connectivity index (χ1v) is 8.63. The van der Waals surface area contributed by atoms with Gasteiger partial charge in [0.1, 0.15) is 5.82 Å². The van der Waals surface area contributed by atoms with Crippen molar-refractivity contribution in [1.82, 2.24) is 14.9 Å². The number of imidazole rings is 1. The molecule has 0 atom stereocenters. The lowest BCUT2D eigenvalue weighted by molar-refractivity contribution is -0.120. The van der Waals surface area contributed by atoms with E-state index in [0.29, 0.717) is 24.5 Å². The molecule has 0 saturated heterocycles. The topological polar surface area (TPSA) is 65.4 Å². The number of nitrogens with one attached hydrogen (secondary N) is 1. The molecular weight excluding hydrogens is 318 g/mol. The fraction of sp³-hybridized carbons (Fsp3) is 0.474. The summed E-state index contributed by atoms with van der Waals surface area (Å²) in [7, 11) is 5.22. The quantitative estimate of drug-likeness (QED) is 0.873. The molecule has 6 heteroatoms. The number of fused-ring (bicyclic) bond motifs is 1. The van der Waals surface area contributed by atoms with E-state index in [-0.39, 0.29) is 5.91 Å². The van der Waals surface area contributed by atoms with Crippen LogP contribution in [0.4, 0.5) is 0 Å². The van der Waals surface area contributed by atoms with Crippen molar-refractivity contribution in [3.8, 4) is 11.5 Å². The molecule has 0 spiro atoms. The highest BCUT2D eigenvalue weighted by molar-refractivity contribution is 5.78. The van der Waals surface area contributed by atoms with Gasteiger partial charge in [0.15, 0.2) is 11.5 Å². The van der Waals surface area contributed by atoms with Crippen LogP contribution in [0, 0.1) is 0 Å². The van der Waals surface area contributed by atoms with E-state index in [1.54, 1.807) is 14.2 Å². The number of benzene rings is 1. The van der Waals surface area contributed by atoms with Gasteiger partial charge in [-0.05, 0) is 43.4 Å². The average molecular weight is 343 g/mol. The zero-order valence-electron chi connectivity index (χ0n) is 15.1. The average Bonchev–Trinajstić information content (AvgIpc) is 2.96. The van der Waals surface area contributed by atoms with Crippen molar-refractivity contribution < 1.29 is 14.3 Å². The number of carbonyl (C=O) groups excluding carboxylic acids is 1. The monoisotopic (exact) mass is 343 g/mol. The molecule has 0 radical (unpaired) electrons. The molecule has 1 aliphatic rings. The zero-order chi connectivity index (χ0) is 17.8. The van der Waals surface area contributed by atoms with Crippen LogP contribution >= 0.6 is 0 Å². The van der Waals surface area contributed by atoms with E-state index in [1.807, 2.05) is 25.2 Å². The van der Waals surface area contributed by atoms with Crippen LogP contribution in [0.1, 0.15) is 35.6 Å². The van der Waals surface area contributed by atoms with Gasteiger partial charge in [0, 0.05) is 12.7 Å². The smallest absolute Gasteiger partial charge is 0.224 e. The number of carbonyl (C=O) groups is 1. The predicted molar refractivity (Wildman–Crippen MR) is 94.9 cm³/mol. The summed E-state index contributed by atoms with van der Waals surface area (Å²) in [6.07, 6.45) is 4.85. The third-order valence-electron chi connectivity index (χ3n) is 4.72. The van der Waals surface area contributed by atoms with E-state index in [2.05, 4.69) is 9.88 Å². The van der Waals surface area contributed by atoms with E-state index >= 15 is 0 Å². The Morgan fingerprint density at radius 1 is 1.20 bits per heavy atom. The van der Waals surface area contributed by atoms with Crippen LogP contribution in [-0.2, 0) is 37.6 Å². The highest BCUT2D eigenvalue weighted by Gasteiger charge is 2.18. The molecule has 1 aromatic carbocycles. The summed E-state index contributed by atoms with van der Waals surface area (Å²) in [6.45, 7) is 0.454. The maximum absolute atomic E-state index is 12.3. The van der Waals surface area contributed by atoms with Gasteiger partial charge >= 0.3 is 0 Å². The van der Waals surface area contributed by atoms with Gasteiger partial charge in [-0.1, -0.05) is 6.07 Å². The number of methoxy groups -OCH3 is 2. The first-order chi connectivity index (χ1) is 12.1. The van der Waals surface area contributed by atoms with Crippen molar-refractivity contribution in [3.05, 3.63) is 41.0 Å². The van der Waals surface area contributed by atoms with Gasteiger partial charge in [0.05, 0.1) is 32.9 Å². The van der Waals surface area contributed by atoms with Crippen LogP contribution in [0.25, 0.3) is 0 Å². The van der Waals surface area contributed by atoms with Gasteiger partial charge in [-0.2, -0.15) is 0 Å². The number of hydrogen-bond donors (Lipinski definition) is 1. The van der Waals surface area contributed by atoms with Crippen molar-refractivity contribution in [3.63, 3.8) is 0 Å². The fourth-order valence-electron chi connectivity index (χ4n) is 3.32. The molecule has 0 fully saturated rings. The summed E-state index contributed by atoms with van der Waals surface area (Å²) in [6, 6.07) is 5.52. The number of amides is 1. The normalized spacial score (nSPS) is 13.2. The Hall–Kier alpha value is -2.50. The van der Waals surface area contributed by atoms with Crippen molar-refractivity contribution in [2.45, 2.75) is 38.6 Å². The second-order valence-electron chi connectivity index (χ2n) is 6.33. The Balaban J connectivity index is 1.61. The van der Waals surface area contributed by atoms with Crippen LogP contribution in [0.3, 0.4) is 0 Å². The summed E-state index contributed by atoms with van der Waals surface area (Å²) < 4.78 is 12.6. The maximum atomic E-state index is 12.3. The summed E-state index contributed by atoms with van der Waals surface area (Å²) >= 11 is 0. The second-order valence-corrected chi connectivity index (χ2v) is 6.33. The number of ether oxygens (including phenoxy) is 2. The van der Waals surface area contributed by atoms with Crippen molar-refractivity contribution in [2.24, 2.45) is 7.05 Å². The minimum absolute atomic E-state index is 0.0341. The predicted octanol–water partition coefficient (Wildman–Crippen LogP) is 2.17. The number of aryl methyl sites for hydroxylation is 1. The summed E-state index contributed by atoms with van der Waals surface area (Å²) in [5.41, 5.74) is 3.39. The zero-order valence-corrected chi connectivity index (χ0v) is 15.1. The second kappa shape index (κ2) is 7.59. The third kappa shape index (κ3) is 3.78. The number of hydrogen-bond acceptors (Lipinski definition) is 4. The first kappa shape index (κ1) is 17.3. The molecule has 0 bridgehead atoms. The van der Waals surface area contributed by atoms with Crippen LogP contribution in [0.2, 0.25) is 0 Å². The van der Waals surface area contributed by atoms with Crippen LogP contribution in [-0.4, -0.2) is 29.7 Å². The van der Waals surface area contributed by atoms with Crippen molar-refractivity contribution >= 4 is 5.91 Å². The number of rotatable bonds is 6. The highest BCUT2D eigenvalue weighted by atomic mass is 16.5. The molecule has 134 valence electrons.